The first-order valence-electron chi connectivity index (χ1n) is 5.48. The lowest BCUT2D eigenvalue weighted by Gasteiger charge is -2.15. The van der Waals surface area contributed by atoms with Crippen molar-refractivity contribution in [2.75, 3.05) is 26.0 Å². The number of benzene rings is 1. The number of carbonyl (C=O) groups is 1. The van der Waals surface area contributed by atoms with E-state index in [1.807, 2.05) is 6.92 Å². The summed E-state index contributed by atoms with van der Waals surface area (Å²) >= 11 is 9.30. The molecule has 1 aromatic rings. The van der Waals surface area contributed by atoms with Crippen molar-refractivity contribution in [2.45, 2.75) is 6.92 Å². The van der Waals surface area contributed by atoms with Crippen LogP contribution in [0.25, 0.3) is 0 Å². The quantitative estimate of drug-likeness (QED) is 0.870. The third-order valence-electron chi connectivity index (χ3n) is 2.43. The zero-order valence-electron chi connectivity index (χ0n) is 10.5. The van der Waals surface area contributed by atoms with Gasteiger partial charge in [-0.3, -0.25) is 4.79 Å². The minimum Gasteiger partial charge on any atom is -0.493 e. The topological polar surface area (TPSA) is 50.4 Å². The van der Waals surface area contributed by atoms with Crippen LogP contribution in [0.15, 0.2) is 16.6 Å². The van der Waals surface area contributed by atoms with Gasteiger partial charge in [-0.2, -0.15) is 0 Å². The van der Waals surface area contributed by atoms with Crippen LogP contribution in [0.2, 0.25) is 5.02 Å². The molecule has 6 heteroatoms. The molecule has 0 saturated carbocycles. The largest absolute Gasteiger partial charge is 0.493 e. The van der Waals surface area contributed by atoms with Gasteiger partial charge in [0.05, 0.1) is 17.3 Å². The second kappa shape index (κ2) is 6.97. The first-order valence-corrected chi connectivity index (χ1v) is 6.65. The van der Waals surface area contributed by atoms with Crippen LogP contribution >= 0.6 is 27.5 Å². The Hall–Kier alpha value is -0.780. The number of hydrogen-bond acceptors (Lipinski definition) is 3. The zero-order valence-corrected chi connectivity index (χ0v) is 12.9. The van der Waals surface area contributed by atoms with Gasteiger partial charge in [-0.15, -0.1) is 0 Å². The van der Waals surface area contributed by atoms with Crippen molar-refractivity contribution in [1.82, 2.24) is 5.32 Å². The summed E-state index contributed by atoms with van der Waals surface area (Å²) in [5.41, 5.74) is 0.560. The molecular formula is C12H16BrClN2O2. The number of rotatable bonds is 5. The summed E-state index contributed by atoms with van der Waals surface area (Å²) in [5, 5.41) is 6.29. The summed E-state index contributed by atoms with van der Waals surface area (Å²) < 4.78 is 5.94. The third-order valence-corrected chi connectivity index (χ3v) is 3.24. The van der Waals surface area contributed by atoms with Gasteiger partial charge in [0.1, 0.15) is 0 Å². The number of amides is 1. The Morgan fingerprint density at radius 1 is 1.56 bits per heavy atom. The molecule has 0 saturated heterocycles. The third kappa shape index (κ3) is 3.86. The maximum absolute atomic E-state index is 11.9. The van der Waals surface area contributed by atoms with Crippen LogP contribution in [0.4, 0.5) is 5.69 Å². The molecule has 100 valence electrons. The highest BCUT2D eigenvalue weighted by molar-refractivity contribution is 9.10. The van der Waals surface area contributed by atoms with E-state index in [1.54, 1.807) is 26.3 Å². The average molecular weight is 336 g/mol. The molecule has 1 rings (SSSR count). The van der Waals surface area contributed by atoms with Gasteiger partial charge >= 0.3 is 0 Å². The molecule has 0 spiro atoms. The Labute approximate surface area is 120 Å². The Kier molecular flexibility index (Phi) is 5.91. The maximum atomic E-state index is 11.9. The van der Waals surface area contributed by atoms with Crippen molar-refractivity contribution in [3.63, 3.8) is 0 Å². The van der Waals surface area contributed by atoms with E-state index >= 15 is 0 Å². The van der Waals surface area contributed by atoms with Gasteiger partial charge in [0.2, 0.25) is 5.91 Å². The van der Waals surface area contributed by atoms with Crippen molar-refractivity contribution < 1.29 is 9.53 Å². The lowest BCUT2D eigenvalue weighted by molar-refractivity contribution is -0.119. The SMILES string of the molecule is CNCC(C)C(=O)Nc1cc(Cl)cc(Br)c1OC. The first-order chi connectivity index (χ1) is 8.49. The van der Waals surface area contributed by atoms with Crippen LogP contribution in [-0.4, -0.2) is 26.6 Å². The van der Waals surface area contributed by atoms with Crippen LogP contribution in [-0.2, 0) is 4.79 Å². The number of methoxy groups -OCH3 is 1. The molecule has 0 radical (unpaired) electrons. The number of carbonyl (C=O) groups excluding carboxylic acids is 1. The van der Waals surface area contributed by atoms with Crippen LogP contribution in [0.1, 0.15) is 6.92 Å². The van der Waals surface area contributed by atoms with E-state index < -0.39 is 0 Å². The van der Waals surface area contributed by atoms with Gasteiger partial charge in [0.15, 0.2) is 5.75 Å². The van der Waals surface area contributed by atoms with E-state index in [4.69, 9.17) is 16.3 Å². The van der Waals surface area contributed by atoms with E-state index in [0.717, 1.165) is 0 Å². The van der Waals surface area contributed by atoms with E-state index in [2.05, 4.69) is 26.6 Å². The van der Waals surface area contributed by atoms with E-state index in [9.17, 15) is 4.79 Å². The standard InChI is InChI=1S/C12H16BrClN2O2/c1-7(6-15-2)12(17)16-10-5-8(14)4-9(13)11(10)18-3/h4-5,7,15H,6H2,1-3H3,(H,16,17). The fourth-order valence-corrected chi connectivity index (χ4v) is 2.49. The van der Waals surface area contributed by atoms with Gasteiger partial charge in [-0.25, -0.2) is 0 Å². The minimum absolute atomic E-state index is 0.0863. The fourth-order valence-electron chi connectivity index (χ4n) is 1.52. The van der Waals surface area contributed by atoms with Gasteiger partial charge in [0, 0.05) is 17.5 Å². The second-order valence-electron chi connectivity index (χ2n) is 3.92. The second-order valence-corrected chi connectivity index (χ2v) is 5.21. The molecule has 0 aliphatic carbocycles. The van der Waals surface area contributed by atoms with E-state index in [-0.39, 0.29) is 11.8 Å². The highest BCUT2D eigenvalue weighted by Gasteiger charge is 2.16. The molecule has 18 heavy (non-hydrogen) atoms. The van der Waals surface area contributed by atoms with Crippen molar-refractivity contribution in [2.24, 2.45) is 5.92 Å². The molecule has 4 nitrogen and oxygen atoms in total. The number of hydrogen-bond donors (Lipinski definition) is 2. The normalized spacial score (nSPS) is 12.1. The summed E-state index contributed by atoms with van der Waals surface area (Å²) in [6.07, 6.45) is 0. The number of anilines is 1. The number of ether oxygens (including phenoxy) is 1. The molecule has 1 aromatic carbocycles. The number of halogens is 2. The van der Waals surface area contributed by atoms with Gasteiger partial charge in [0.25, 0.3) is 0 Å². The van der Waals surface area contributed by atoms with Crippen molar-refractivity contribution in [1.29, 1.82) is 0 Å². The lowest BCUT2D eigenvalue weighted by Crippen LogP contribution is -2.28. The Morgan fingerprint density at radius 3 is 2.78 bits per heavy atom. The lowest BCUT2D eigenvalue weighted by atomic mass is 10.1. The predicted octanol–water partition coefficient (Wildman–Crippen LogP) is 2.91. The molecule has 1 amide bonds. The molecule has 0 aliphatic rings. The molecule has 0 fully saturated rings. The fraction of sp³-hybridized carbons (Fsp3) is 0.417. The van der Waals surface area contributed by atoms with Gasteiger partial charge in [-0.05, 0) is 35.1 Å². The zero-order chi connectivity index (χ0) is 13.7. The van der Waals surface area contributed by atoms with Crippen molar-refractivity contribution in [3.05, 3.63) is 21.6 Å². The average Bonchev–Trinajstić information content (AvgIpc) is 2.28. The Bertz CT molecular complexity index is 440. The van der Waals surface area contributed by atoms with Gasteiger partial charge in [-0.1, -0.05) is 18.5 Å². The highest BCUT2D eigenvalue weighted by atomic mass is 79.9. The van der Waals surface area contributed by atoms with Crippen LogP contribution < -0.4 is 15.4 Å². The maximum Gasteiger partial charge on any atom is 0.228 e. The molecule has 0 bridgehead atoms. The molecular weight excluding hydrogens is 320 g/mol. The number of nitrogens with one attached hydrogen (secondary N) is 2. The summed E-state index contributed by atoms with van der Waals surface area (Å²) in [5.74, 6) is 0.332. The molecule has 2 N–H and O–H groups in total. The molecule has 1 atom stereocenters. The van der Waals surface area contributed by atoms with Crippen molar-refractivity contribution >= 4 is 39.1 Å². The summed E-state index contributed by atoms with van der Waals surface area (Å²) in [7, 11) is 3.35. The van der Waals surface area contributed by atoms with Crippen molar-refractivity contribution in [3.8, 4) is 5.75 Å². The molecule has 0 aromatic heterocycles. The molecule has 0 heterocycles. The minimum atomic E-state index is -0.141. The first kappa shape index (κ1) is 15.3. The van der Waals surface area contributed by atoms with Crippen LogP contribution in [0, 0.1) is 5.92 Å². The molecule has 0 aliphatic heterocycles. The van der Waals surface area contributed by atoms with Crippen LogP contribution in [0.5, 0.6) is 5.75 Å². The highest BCUT2D eigenvalue weighted by Crippen LogP contribution is 2.36. The van der Waals surface area contributed by atoms with Crippen LogP contribution in [0.3, 0.4) is 0 Å². The Morgan fingerprint density at radius 2 is 2.22 bits per heavy atom. The summed E-state index contributed by atoms with van der Waals surface area (Å²) in [4.78, 5) is 11.9. The summed E-state index contributed by atoms with van der Waals surface area (Å²) in [6, 6.07) is 3.38. The monoisotopic (exact) mass is 334 g/mol. The Balaban J connectivity index is 2.93. The van der Waals surface area contributed by atoms with E-state index in [0.29, 0.717) is 27.5 Å². The smallest absolute Gasteiger partial charge is 0.228 e. The molecule has 1 unspecified atom stereocenters. The van der Waals surface area contributed by atoms with E-state index in [1.165, 1.54) is 0 Å². The predicted molar refractivity (Wildman–Crippen MR) is 77.4 cm³/mol. The summed E-state index contributed by atoms with van der Waals surface area (Å²) in [6.45, 7) is 2.45. The van der Waals surface area contributed by atoms with Gasteiger partial charge < -0.3 is 15.4 Å².